The summed E-state index contributed by atoms with van der Waals surface area (Å²) >= 11 is 0. The average molecular weight is 6430 g/mol. The number of rotatable bonds is 0. The first kappa shape index (κ1) is 344. The second-order valence-electron chi connectivity index (χ2n) is 0. The monoisotopic (exact) mass is 6440 g/mol. The zero-order valence-corrected chi connectivity index (χ0v) is 117. The van der Waals surface area contributed by atoms with Gasteiger partial charge in [-0.25, -0.2) is 0 Å². The molecule has 0 aliphatic heterocycles. The Morgan fingerprint density at radius 3 is 0.0286 bits per heavy atom. The fourth-order valence-electron chi connectivity index (χ4n) is 0. The van der Waals surface area contributed by atoms with E-state index in [9.17, 15) is 0 Å². The van der Waals surface area contributed by atoms with Crippen molar-refractivity contribution in [3.63, 3.8) is 0 Å². The standard InChI is InChI=1S/35W. The summed E-state index contributed by atoms with van der Waals surface area (Å²) in [6, 6.07) is 0. The SMILES string of the molecule is [W].[W].[W].[W].[W].[W].[W].[W].[W].[W].[W].[W].[W].[W].[W].[W].[W].[W].[W].[W].[W].[W].[W].[W].[W].[W].[W].[W].[W].[W].[W].[W].[W].[W].[W]. The first-order chi connectivity index (χ1) is 0. The summed E-state index contributed by atoms with van der Waals surface area (Å²) < 4.78 is 0. The molecular weight excluding hydrogens is 6430 g/mol. The van der Waals surface area contributed by atoms with Gasteiger partial charge >= 0.3 is 0 Å². The summed E-state index contributed by atoms with van der Waals surface area (Å²) in [5.74, 6) is 0. The fourth-order valence-corrected chi connectivity index (χ4v) is 0. The van der Waals surface area contributed by atoms with Crippen molar-refractivity contribution in [2.45, 2.75) is 0 Å². The van der Waals surface area contributed by atoms with Crippen LogP contribution >= 0.6 is 0 Å². The summed E-state index contributed by atoms with van der Waals surface area (Å²) in [5, 5.41) is 0. The van der Waals surface area contributed by atoms with E-state index in [1.807, 2.05) is 0 Å². The minimum absolute atomic E-state index is 0. The maximum absolute atomic E-state index is 0. The molecule has 0 aliphatic rings. The van der Waals surface area contributed by atoms with Crippen LogP contribution in [0.1, 0.15) is 0 Å². The van der Waals surface area contributed by atoms with Crippen LogP contribution < -0.4 is 0 Å². The molecule has 0 saturated heterocycles. The Kier molecular flexibility index (Phi) is 3200. The molecular formula is W35. The van der Waals surface area contributed by atoms with Crippen molar-refractivity contribution < 1.29 is 737 Å². The maximum Gasteiger partial charge on any atom is 0 e. The molecule has 0 bridgehead atoms. The van der Waals surface area contributed by atoms with Gasteiger partial charge in [-0.15, -0.1) is 0 Å². The van der Waals surface area contributed by atoms with Crippen LogP contribution in [-0.4, -0.2) is 0 Å². The van der Waals surface area contributed by atoms with Crippen LogP contribution in [0, 0.1) is 0 Å². The van der Waals surface area contributed by atoms with Crippen molar-refractivity contribution in [1.29, 1.82) is 0 Å². The van der Waals surface area contributed by atoms with E-state index in [1.54, 1.807) is 0 Å². The van der Waals surface area contributed by atoms with E-state index in [-0.39, 0.29) is 737 Å². The van der Waals surface area contributed by atoms with Crippen molar-refractivity contribution in [2.24, 2.45) is 0 Å². The Hall–Kier alpha value is 24.1. The average Bonchev–Trinajstić information content (AvgIpc) is 0. The topological polar surface area (TPSA) is 0 Å². The zero-order valence-electron chi connectivity index (χ0n) is 14.3. The summed E-state index contributed by atoms with van der Waals surface area (Å²) in [4.78, 5) is 0. The zero-order chi connectivity index (χ0) is 0. The van der Waals surface area contributed by atoms with Gasteiger partial charge in [0.05, 0.1) is 0 Å². The van der Waals surface area contributed by atoms with Gasteiger partial charge in [-0.3, -0.25) is 0 Å². The molecule has 0 aromatic carbocycles. The molecule has 0 rings (SSSR count). The molecule has 0 aromatic rings. The molecule has 0 heterocycles. The molecule has 0 atom stereocenters. The van der Waals surface area contributed by atoms with Crippen LogP contribution in [0.5, 0.6) is 0 Å². The van der Waals surface area contributed by atoms with Gasteiger partial charge in [0.15, 0.2) is 0 Å². The maximum atomic E-state index is 0. The Morgan fingerprint density at radius 1 is 0.0286 bits per heavy atom. The molecule has 0 radical (unpaired) electrons. The van der Waals surface area contributed by atoms with Crippen molar-refractivity contribution in [2.75, 3.05) is 0 Å². The number of hydrogen-bond acceptors (Lipinski definition) is 0. The normalized spacial score (nSPS) is 0. The van der Waals surface area contributed by atoms with E-state index >= 15 is 0 Å². The van der Waals surface area contributed by atoms with Crippen molar-refractivity contribution in [3.8, 4) is 0 Å². The van der Waals surface area contributed by atoms with Crippen molar-refractivity contribution >= 4 is 0 Å². The van der Waals surface area contributed by atoms with Crippen LogP contribution in [0.4, 0.5) is 0 Å². The van der Waals surface area contributed by atoms with Gasteiger partial charge in [-0.2, -0.15) is 0 Å². The minimum Gasteiger partial charge on any atom is 0 e. The second kappa shape index (κ2) is 326. The van der Waals surface area contributed by atoms with Crippen molar-refractivity contribution in [3.05, 3.63) is 0 Å². The van der Waals surface area contributed by atoms with Crippen LogP contribution in [0.25, 0.3) is 0 Å². The van der Waals surface area contributed by atoms with Crippen LogP contribution in [-0.2, 0) is 737 Å². The predicted molar refractivity (Wildman–Crippen MR) is 0 cm³/mol. The molecule has 0 aliphatic carbocycles. The van der Waals surface area contributed by atoms with Gasteiger partial charge in [-0.05, 0) is 0 Å². The summed E-state index contributed by atoms with van der Waals surface area (Å²) in [6.45, 7) is 0. The molecule has 0 aromatic heterocycles. The fraction of sp³-hybridized carbons (Fsp3) is 0. The van der Waals surface area contributed by atoms with Gasteiger partial charge < -0.3 is 0 Å². The van der Waals surface area contributed by atoms with Crippen LogP contribution in [0.15, 0.2) is 0 Å². The third-order valence-electron chi connectivity index (χ3n) is 0. The quantitative estimate of drug-likeness (QED) is 0.319. The first-order valence-corrected chi connectivity index (χ1v) is 0. The van der Waals surface area contributed by atoms with Gasteiger partial charge in [0.2, 0.25) is 0 Å². The predicted octanol–water partition coefficient (Wildman–Crippen LogP) is -0.0875. The summed E-state index contributed by atoms with van der Waals surface area (Å²) in [6.07, 6.45) is 0. The van der Waals surface area contributed by atoms with E-state index in [1.165, 1.54) is 0 Å². The molecule has 0 N–H and O–H groups in total. The van der Waals surface area contributed by atoms with E-state index in [0.717, 1.165) is 0 Å². The number of hydrogen-bond donors (Lipinski definition) is 0. The Bertz CT molecular complexity index is 0. The second-order valence-corrected chi connectivity index (χ2v) is 0. The van der Waals surface area contributed by atoms with E-state index in [4.69, 9.17) is 0 Å². The van der Waals surface area contributed by atoms with E-state index < -0.39 is 0 Å². The largest absolute Gasteiger partial charge is 0 e. The molecule has 210 valence electrons. The van der Waals surface area contributed by atoms with Crippen molar-refractivity contribution in [1.82, 2.24) is 0 Å². The Morgan fingerprint density at radius 2 is 0.0286 bits per heavy atom. The van der Waals surface area contributed by atoms with Crippen LogP contribution in [0.2, 0.25) is 0 Å². The van der Waals surface area contributed by atoms with E-state index in [2.05, 4.69) is 0 Å². The minimum atomic E-state index is 0. The third kappa shape index (κ3) is 315. The molecule has 0 spiro atoms. The molecule has 0 saturated carbocycles. The third-order valence-corrected chi connectivity index (χ3v) is 0. The molecule has 35 heteroatoms. The molecule has 35 heavy (non-hydrogen) atoms. The van der Waals surface area contributed by atoms with E-state index in [0.29, 0.717) is 0 Å². The van der Waals surface area contributed by atoms with Gasteiger partial charge in [0.1, 0.15) is 0 Å². The smallest absolute Gasteiger partial charge is 0 e. The first-order valence-electron chi connectivity index (χ1n) is 0. The molecule has 0 fully saturated rings. The Labute approximate surface area is 715 Å². The molecule has 0 amide bonds. The van der Waals surface area contributed by atoms with Crippen LogP contribution in [0.3, 0.4) is 0 Å². The van der Waals surface area contributed by atoms with Gasteiger partial charge in [0, 0.05) is 737 Å². The van der Waals surface area contributed by atoms with Gasteiger partial charge in [0.25, 0.3) is 0 Å². The molecule has 0 nitrogen and oxygen atoms in total. The summed E-state index contributed by atoms with van der Waals surface area (Å²) in [7, 11) is 0. The summed E-state index contributed by atoms with van der Waals surface area (Å²) in [5.41, 5.74) is 0. The van der Waals surface area contributed by atoms with Gasteiger partial charge in [-0.1, -0.05) is 0 Å². The molecule has 0 unspecified atom stereocenters. The Balaban J connectivity index is 0.